The lowest BCUT2D eigenvalue weighted by Crippen LogP contribution is -2.07. The van der Waals surface area contributed by atoms with E-state index >= 15 is 0 Å². The summed E-state index contributed by atoms with van der Waals surface area (Å²) in [4.78, 5) is 11.3. The molecule has 2 rings (SSSR count). The van der Waals surface area contributed by atoms with Crippen molar-refractivity contribution in [3.8, 4) is 0 Å². The summed E-state index contributed by atoms with van der Waals surface area (Å²) in [6.07, 6.45) is 1.78. The Balaban J connectivity index is 2.34. The molecule has 0 aliphatic heterocycles. The first-order valence-corrected chi connectivity index (χ1v) is 5.56. The maximum absolute atomic E-state index is 13.1. The van der Waals surface area contributed by atoms with Crippen LogP contribution in [0.25, 0.3) is 0 Å². The summed E-state index contributed by atoms with van der Waals surface area (Å²) < 4.78 is 14.9. The van der Waals surface area contributed by atoms with E-state index in [9.17, 15) is 9.18 Å². The number of aromatic nitrogens is 1. The first kappa shape index (κ1) is 11.9. The molecule has 4 heteroatoms. The standard InChI is InChI=1S/C13H11ClFNO/c1-9(17)13-3-2-6-16(13)8-10-7-11(15)4-5-12(10)14/h2-7H,8H2,1H3. The molecule has 17 heavy (non-hydrogen) atoms. The number of halogens is 2. The molecule has 0 bridgehead atoms. The predicted molar refractivity (Wildman–Crippen MR) is 64.9 cm³/mol. The third-order valence-electron chi connectivity index (χ3n) is 2.54. The fraction of sp³-hybridized carbons (Fsp3) is 0.154. The van der Waals surface area contributed by atoms with Crippen LogP contribution in [0.15, 0.2) is 36.5 Å². The van der Waals surface area contributed by atoms with Crippen LogP contribution in [0.1, 0.15) is 23.0 Å². The smallest absolute Gasteiger partial charge is 0.176 e. The van der Waals surface area contributed by atoms with E-state index in [0.717, 1.165) is 0 Å². The molecule has 0 unspecified atom stereocenters. The van der Waals surface area contributed by atoms with Gasteiger partial charge < -0.3 is 4.57 Å². The van der Waals surface area contributed by atoms with Crippen molar-refractivity contribution in [1.29, 1.82) is 0 Å². The second-order valence-electron chi connectivity index (χ2n) is 3.81. The Bertz CT molecular complexity index is 562. The third kappa shape index (κ3) is 2.56. The molecule has 2 aromatic rings. The molecule has 0 aliphatic rings. The van der Waals surface area contributed by atoms with Gasteiger partial charge in [0.15, 0.2) is 5.78 Å². The van der Waals surface area contributed by atoms with Gasteiger partial charge in [-0.05, 0) is 35.9 Å². The lowest BCUT2D eigenvalue weighted by Gasteiger charge is -2.09. The van der Waals surface area contributed by atoms with Crippen LogP contribution in [0.2, 0.25) is 5.02 Å². The molecule has 0 fully saturated rings. The highest BCUT2D eigenvalue weighted by Gasteiger charge is 2.08. The summed E-state index contributed by atoms with van der Waals surface area (Å²) in [6, 6.07) is 7.72. The summed E-state index contributed by atoms with van der Waals surface area (Å²) >= 11 is 5.98. The van der Waals surface area contributed by atoms with Crippen LogP contribution in [-0.2, 0) is 6.54 Å². The van der Waals surface area contributed by atoms with Crippen molar-refractivity contribution in [2.45, 2.75) is 13.5 Å². The number of rotatable bonds is 3. The highest BCUT2D eigenvalue weighted by atomic mass is 35.5. The average molecular weight is 252 g/mol. The summed E-state index contributed by atoms with van der Waals surface area (Å²) in [5.41, 5.74) is 1.25. The van der Waals surface area contributed by atoms with Gasteiger partial charge in [0.25, 0.3) is 0 Å². The van der Waals surface area contributed by atoms with E-state index in [0.29, 0.717) is 22.8 Å². The maximum atomic E-state index is 13.1. The SMILES string of the molecule is CC(=O)c1cccn1Cc1cc(F)ccc1Cl. The molecule has 1 aromatic heterocycles. The molecular weight excluding hydrogens is 241 g/mol. The minimum Gasteiger partial charge on any atom is -0.341 e. The zero-order valence-electron chi connectivity index (χ0n) is 9.28. The molecular formula is C13H11ClFNO. The Kier molecular flexibility index (Phi) is 3.29. The van der Waals surface area contributed by atoms with E-state index in [-0.39, 0.29) is 11.6 Å². The van der Waals surface area contributed by atoms with Crippen molar-refractivity contribution in [3.63, 3.8) is 0 Å². The normalized spacial score (nSPS) is 10.5. The van der Waals surface area contributed by atoms with Gasteiger partial charge in [0.1, 0.15) is 5.82 Å². The Morgan fingerprint density at radius 3 is 2.88 bits per heavy atom. The summed E-state index contributed by atoms with van der Waals surface area (Å²) in [5, 5.41) is 0.495. The summed E-state index contributed by atoms with van der Waals surface area (Å²) in [7, 11) is 0. The van der Waals surface area contributed by atoms with E-state index in [2.05, 4.69) is 0 Å². The largest absolute Gasteiger partial charge is 0.341 e. The molecule has 1 heterocycles. The Labute approximate surface area is 104 Å². The highest BCUT2D eigenvalue weighted by Crippen LogP contribution is 2.19. The van der Waals surface area contributed by atoms with E-state index in [4.69, 9.17) is 11.6 Å². The van der Waals surface area contributed by atoms with E-state index in [1.165, 1.54) is 25.1 Å². The number of nitrogens with zero attached hydrogens (tertiary/aromatic N) is 1. The first-order valence-electron chi connectivity index (χ1n) is 5.18. The summed E-state index contributed by atoms with van der Waals surface area (Å²) in [5.74, 6) is -0.358. The van der Waals surface area contributed by atoms with Crippen molar-refractivity contribution in [3.05, 3.63) is 58.6 Å². The maximum Gasteiger partial charge on any atom is 0.176 e. The van der Waals surface area contributed by atoms with Gasteiger partial charge in [-0.2, -0.15) is 0 Å². The van der Waals surface area contributed by atoms with Crippen LogP contribution in [0.5, 0.6) is 0 Å². The molecule has 0 saturated carbocycles. The Morgan fingerprint density at radius 1 is 1.41 bits per heavy atom. The quantitative estimate of drug-likeness (QED) is 0.765. The molecule has 0 radical (unpaired) electrons. The number of carbonyl (C=O) groups is 1. The highest BCUT2D eigenvalue weighted by molar-refractivity contribution is 6.31. The minimum absolute atomic E-state index is 0.0254. The molecule has 0 atom stereocenters. The number of hydrogen-bond acceptors (Lipinski definition) is 1. The lowest BCUT2D eigenvalue weighted by atomic mass is 10.2. The van der Waals surface area contributed by atoms with Crippen molar-refractivity contribution in [1.82, 2.24) is 4.57 Å². The van der Waals surface area contributed by atoms with Crippen molar-refractivity contribution in [2.24, 2.45) is 0 Å². The number of hydrogen-bond donors (Lipinski definition) is 0. The molecule has 88 valence electrons. The third-order valence-corrected chi connectivity index (χ3v) is 2.91. The van der Waals surface area contributed by atoms with E-state index in [1.54, 1.807) is 22.9 Å². The topological polar surface area (TPSA) is 22.0 Å². The Hall–Kier alpha value is -1.61. The van der Waals surface area contributed by atoms with Crippen LogP contribution in [0.4, 0.5) is 4.39 Å². The van der Waals surface area contributed by atoms with Gasteiger partial charge in [0, 0.05) is 24.7 Å². The fourth-order valence-electron chi connectivity index (χ4n) is 1.72. The summed E-state index contributed by atoms with van der Waals surface area (Å²) in [6.45, 7) is 1.89. The Morgan fingerprint density at radius 2 is 2.18 bits per heavy atom. The van der Waals surface area contributed by atoms with Gasteiger partial charge in [-0.3, -0.25) is 4.79 Å². The minimum atomic E-state index is -0.332. The molecule has 0 aliphatic carbocycles. The van der Waals surface area contributed by atoms with Crippen LogP contribution < -0.4 is 0 Å². The number of ketones is 1. The zero-order valence-corrected chi connectivity index (χ0v) is 10.0. The molecule has 1 aromatic carbocycles. The molecule has 0 spiro atoms. The van der Waals surface area contributed by atoms with Crippen molar-refractivity contribution >= 4 is 17.4 Å². The van der Waals surface area contributed by atoms with Crippen molar-refractivity contribution < 1.29 is 9.18 Å². The fourth-order valence-corrected chi connectivity index (χ4v) is 1.90. The van der Waals surface area contributed by atoms with Crippen LogP contribution in [-0.4, -0.2) is 10.4 Å². The second-order valence-corrected chi connectivity index (χ2v) is 4.22. The van der Waals surface area contributed by atoms with Crippen LogP contribution in [0.3, 0.4) is 0 Å². The molecule has 0 N–H and O–H groups in total. The van der Waals surface area contributed by atoms with E-state index in [1.807, 2.05) is 0 Å². The zero-order chi connectivity index (χ0) is 12.4. The van der Waals surface area contributed by atoms with Gasteiger partial charge in [-0.25, -0.2) is 4.39 Å². The molecule has 2 nitrogen and oxygen atoms in total. The molecule has 0 saturated heterocycles. The van der Waals surface area contributed by atoms with Gasteiger partial charge >= 0.3 is 0 Å². The van der Waals surface area contributed by atoms with Crippen molar-refractivity contribution in [2.75, 3.05) is 0 Å². The van der Waals surface area contributed by atoms with Gasteiger partial charge in [-0.1, -0.05) is 11.6 Å². The number of carbonyl (C=O) groups excluding carboxylic acids is 1. The van der Waals surface area contributed by atoms with Gasteiger partial charge in [0.2, 0.25) is 0 Å². The predicted octanol–water partition coefficient (Wildman–Crippen LogP) is 3.53. The number of Topliss-reactive ketones (excluding diaryl/α,β-unsaturated/α-hetero) is 1. The van der Waals surface area contributed by atoms with Gasteiger partial charge in [0.05, 0.1) is 5.69 Å². The van der Waals surface area contributed by atoms with Gasteiger partial charge in [-0.15, -0.1) is 0 Å². The average Bonchev–Trinajstić information content (AvgIpc) is 2.71. The molecule has 0 amide bonds. The first-order chi connectivity index (χ1) is 8.08. The van der Waals surface area contributed by atoms with Crippen LogP contribution >= 0.6 is 11.6 Å². The lowest BCUT2D eigenvalue weighted by molar-refractivity contribution is 0.100. The monoisotopic (exact) mass is 251 g/mol. The van der Waals surface area contributed by atoms with Crippen LogP contribution in [0, 0.1) is 5.82 Å². The number of benzene rings is 1. The van der Waals surface area contributed by atoms with E-state index < -0.39 is 0 Å². The second kappa shape index (κ2) is 4.72.